The van der Waals surface area contributed by atoms with E-state index in [4.69, 9.17) is 0 Å². The number of para-hydroxylation sites is 1. The minimum atomic E-state index is -0.861. The second-order valence-electron chi connectivity index (χ2n) is 6.78. The molecule has 3 N–H and O–H groups in total. The Bertz CT molecular complexity index is 701. The molecule has 1 aromatic carbocycles. The first-order valence-corrected chi connectivity index (χ1v) is 8.68. The summed E-state index contributed by atoms with van der Waals surface area (Å²) in [6.45, 7) is 4.94. The Kier molecular flexibility index (Phi) is 4.76. The normalized spacial score (nSPS) is 22.9. The van der Waals surface area contributed by atoms with Crippen LogP contribution in [0.2, 0.25) is 0 Å². The second-order valence-corrected chi connectivity index (χ2v) is 6.78. The van der Waals surface area contributed by atoms with E-state index in [-0.39, 0.29) is 24.3 Å². The molecule has 1 aliphatic carbocycles. The summed E-state index contributed by atoms with van der Waals surface area (Å²) in [5.41, 5.74) is 0.781. The third-order valence-electron chi connectivity index (χ3n) is 4.85. The number of carbonyl (C=O) groups is 3. The van der Waals surface area contributed by atoms with E-state index in [0.717, 1.165) is 29.8 Å². The van der Waals surface area contributed by atoms with Crippen LogP contribution in [0.1, 0.15) is 32.3 Å². The summed E-state index contributed by atoms with van der Waals surface area (Å²) in [4.78, 5) is 38.1. The molecular weight excluding hydrogens is 320 g/mol. The van der Waals surface area contributed by atoms with Crippen LogP contribution >= 0.6 is 0 Å². The molecule has 0 bridgehead atoms. The van der Waals surface area contributed by atoms with Crippen molar-refractivity contribution in [3.63, 3.8) is 0 Å². The Balaban J connectivity index is 1.65. The van der Waals surface area contributed by atoms with Crippen LogP contribution in [0.3, 0.4) is 0 Å². The lowest BCUT2D eigenvalue weighted by Crippen LogP contribution is -2.46. The van der Waals surface area contributed by atoms with Gasteiger partial charge in [0.2, 0.25) is 5.91 Å². The number of hydrogen-bond donors (Lipinski definition) is 3. The van der Waals surface area contributed by atoms with E-state index in [1.165, 1.54) is 0 Å². The van der Waals surface area contributed by atoms with Gasteiger partial charge in [-0.25, -0.2) is 4.79 Å². The molecule has 25 heavy (non-hydrogen) atoms. The molecular formula is C18H24N4O3. The quantitative estimate of drug-likeness (QED) is 0.653. The van der Waals surface area contributed by atoms with Gasteiger partial charge in [0.15, 0.2) is 0 Å². The average Bonchev–Trinajstić information content (AvgIpc) is 3.40. The number of nitrogens with one attached hydrogen (secondary N) is 3. The minimum Gasteiger partial charge on any atom is -0.324 e. The van der Waals surface area contributed by atoms with Crippen molar-refractivity contribution in [2.45, 2.75) is 38.8 Å². The van der Waals surface area contributed by atoms with Crippen molar-refractivity contribution in [2.75, 3.05) is 18.4 Å². The summed E-state index contributed by atoms with van der Waals surface area (Å²) in [6, 6.07) is 6.99. The molecule has 0 aromatic heterocycles. The molecule has 2 fully saturated rings. The van der Waals surface area contributed by atoms with E-state index in [0.29, 0.717) is 12.2 Å². The number of nitrogens with zero attached hydrogens (tertiary/aromatic N) is 1. The average molecular weight is 344 g/mol. The highest BCUT2D eigenvalue weighted by molar-refractivity contribution is 6.10. The van der Waals surface area contributed by atoms with Gasteiger partial charge in [-0.1, -0.05) is 25.1 Å². The van der Waals surface area contributed by atoms with Crippen molar-refractivity contribution < 1.29 is 14.4 Å². The Morgan fingerprint density at radius 2 is 2.04 bits per heavy atom. The molecule has 1 heterocycles. The zero-order valence-electron chi connectivity index (χ0n) is 14.6. The zero-order valence-corrected chi connectivity index (χ0v) is 14.6. The molecule has 0 spiro atoms. The van der Waals surface area contributed by atoms with Crippen LogP contribution in [0.15, 0.2) is 24.3 Å². The fraction of sp³-hybridized carbons (Fsp3) is 0.500. The lowest BCUT2D eigenvalue weighted by atomic mass is 9.96. The van der Waals surface area contributed by atoms with Crippen LogP contribution in [-0.4, -0.2) is 41.4 Å². The predicted molar refractivity (Wildman–Crippen MR) is 93.8 cm³/mol. The third kappa shape index (κ3) is 3.51. The van der Waals surface area contributed by atoms with Crippen molar-refractivity contribution in [3.8, 4) is 0 Å². The Morgan fingerprint density at radius 3 is 2.72 bits per heavy atom. The molecule has 134 valence electrons. The van der Waals surface area contributed by atoms with Crippen LogP contribution in [0.4, 0.5) is 10.5 Å². The maximum Gasteiger partial charge on any atom is 0.325 e. The maximum atomic E-state index is 12.6. The van der Waals surface area contributed by atoms with Gasteiger partial charge in [-0.3, -0.25) is 14.5 Å². The van der Waals surface area contributed by atoms with Crippen LogP contribution in [0, 0.1) is 5.92 Å². The van der Waals surface area contributed by atoms with Crippen molar-refractivity contribution >= 4 is 23.5 Å². The first kappa shape index (κ1) is 17.4. The highest BCUT2D eigenvalue weighted by atomic mass is 16.2. The molecule has 1 unspecified atom stereocenters. The van der Waals surface area contributed by atoms with Crippen LogP contribution < -0.4 is 16.0 Å². The molecule has 4 amide bonds. The lowest BCUT2D eigenvalue weighted by molar-refractivity contribution is -0.134. The van der Waals surface area contributed by atoms with Gasteiger partial charge in [0.1, 0.15) is 12.1 Å². The van der Waals surface area contributed by atoms with Gasteiger partial charge in [0.05, 0.1) is 0 Å². The fourth-order valence-electron chi connectivity index (χ4n) is 3.19. The predicted octanol–water partition coefficient (Wildman–Crippen LogP) is 1.46. The SMILES string of the molecule is CCNCc1ccccc1NC(=O)CN1C(=O)NC(C)(C2CC2)C1=O. The van der Waals surface area contributed by atoms with E-state index >= 15 is 0 Å². The highest BCUT2D eigenvalue weighted by Crippen LogP contribution is 2.42. The lowest BCUT2D eigenvalue weighted by Gasteiger charge is -2.21. The summed E-state index contributed by atoms with van der Waals surface area (Å²) in [6.07, 6.45) is 1.86. The summed E-state index contributed by atoms with van der Waals surface area (Å²) in [7, 11) is 0. The number of carbonyl (C=O) groups excluding carboxylic acids is 3. The van der Waals surface area contributed by atoms with Crippen molar-refractivity contribution in [2.24, 2.45) is 5.92 Å². The first-order valence-electron chi connectivity index (χ1n) is 8.68. The second kappa shape index (κ2) is 6.84. The number of imide groups is 1. The molecule has 0 radical (unpaired) electrons. The molecule has 1 saturated carbocycles. The molecule has 1 aliphatic heterocycles. The van der Waals surface area contributed by atoms with E-state index in [1.807, 2.05) is 31.2 Å². The molecule has 1 saturated heterocycles. The molecule has 7 nitrogen and oxygen atoms in total. The summed E-state index contributed by atoms with van der Waals surface area (Å²) in [5.74, 6) is -0.513. The van der Waals surface area contributed by atoms with Crippen LogP contribution in [0.25, 0.3) is 0 Å². The molecule has 2 aliphatic rings. The van der Waals surface area contributed by atoms with E-state index in [1.54, 1.807) is 6.92 Å². The summed E-state index contributed by atoms with van der Waals surface area (Å²) < 4.78 is 0. The Labute approximate surface area is 147 Å². The van der Waals surface area contributed by atoms with Gasteiger partial charge in [0.25, 0.3) is 5.91 Å². The maximum absolute atomic E-state index is 12.6. The topological polar surface area (TPSA) is 90.5 Å². The largest absolute Gasteiger partial charge is 0.325 e. The van der Waals surface area contributed by atoms with Crippen molar-refractivity contribution in [1.29, 1.82) is 0 Å². The van der Waals surface area contributed by atoms with Crippen molar-refractivity contribution in [3.05, 3.63) is 29.8 Å². The fourth-order valence-corrected chi connectivity index (χ4v) is 3.19. The number of urea groups is 1. The van der Waals surface area contributed by atoms with Crippen molar-refractivity contribution in [1.82, 2.24) is 15.5 Å². The van der Waals surface area contributed by atoms with E-state index in [9.17, 15) is 14.4 Å². The first-order chi connectivity index (χ1) is 12.0. The van der Waals surface area contributed by atoms with E-state index in [2.05, 4.69) is 16.0 Å². The zero-order chi connectivity index (χ0) is 18.0. The van der Waals surface area contributed by atoms with Gasteiger partial charge < -0.3 is 16.0 Å². The monoisotopic (exact) mass is 344 g/mol. The molecule has 7 heteroatoms. The number of benzene rings is 1. The minimum absolute atomic E-state index is 0.179. The van der Waals surface area contributed by atoms with Gasteiger partial charge >= 0.3 is 6.03 Å². The third-order valence-corrected chi connectivity index (χ3v) is 4.85. The highest BCUT2D eigenvalue weighted by Gasteiger charge is 2.56. The number of hydrogen-bond acceptors (Lipinski definition) is 4. The van der Waals surface area contributed by atoms with Gasteiger partial charge in [-0.15, -0.1) is 0 Å². The summed E-state index contributed by atoms with van der Waals surface area (Å²) in [5, 5.41) is 8.77. The number of amides is 4. The van der Waals surface area contributed by atoms with E-state index < -0.39 is 11.6 Å². The number of rotatable bonds is 7. The number of anilines is 1. The van der Waals surface area contributed by atoms with Crippen LogP contribution in [-0.2, 0) is 16.1 Å². The molecule has 1 aromatic rings. The van der Waals surface area contributed by atoms with Gasteiger partial charge in [-0.05, 0) is 43.9 Å². The smallest absolute Gasteiger partial charge is 0.324 e. The summed E-state index contributed by atoms with van der Waals surface area (Å²) >= 11 is 0. The molecule has 1 atom stereocenters. The Morgan fingerprint density at radius 1 is 1.32 bits per heavy atom. The van der Waals surface area contributed by atoms with Gasteiger partial charge in [-0.2, -0.15) is 0 Å². The van der Waals surface area contributed by atoms with Crippen LogP contribution in [0.5, 0.6) is 0 Å². The molecule has 3 rings (SSSR count). The van der Waals surface area contributed by atoms with Gasteiger partial charge in [0, 0.05) is 12.2 Å². The standard InChI is InChI=1S/C18H24N4O3/c1-3-19-10-12-6-4-5-7-14(12)20-15(23)11-22-16(24)18(2,13-8-9-13)21-17(22)25/h4-7,13,19H,3,8-11H2,1-2H3,(H,20,23)(H,21,25). The Hall–Kier alpha value is -2.41.